The number of fused-ring (bicyclic) bond motifs is 2. The summed E-state index contributed by atoms with van der Waals surface area (Å²) in [5, 5.41) is 6.77. The van der Waals surface area contributed by atoms with Crippen molar-refractivity contribution in [3.63, 3.8) is 0 Å². The van der Waals surface area contributed by atoms with Gasteiger partial charge in [-0.2, -0.15) is 0 Å². The molecule has 3 nitrogen and oxygen atoms in total. The molecule has 0 bridgehead atoms. The summed E-state index contributed by atoms with van der Waals surface area (Å²) in [6.45, 7) is 10.4. The van der Waals surface area contributed by atoms with E-state index in [4.69, 9.17) is 11.5 Å². The van der Waals surface area contributed by atoms with Crippen LogP contribution in [0.5, 0.6) is 0 Å². The van der Waals surface area contributed by atoms with E-state index in [0.29, 0.717) is 24.4 Å². The topological polar surface area (TPSA) is 64.1 Å². The first-order chi connectivity index (χ1) is 22.5. The standard InChI is InChI=1S/C43H65N3/c1-4-6-7-8-9-10-20-38(45)21-14-11-17-34(32-46-39-27-26-36-18-12-13-19-37(36)30-39)25-24-33(3)40-28-29-41(35(5-2)31-44)43-23-16-15-22-42(40)43/h5,10,13,15-16,19-20,22-23,25-27,33,35-39,46H,2,4,6-9,11-12,14,17-18,21,24,28-32,44-45H2,1,3H3/b20-10+,34-25-. The molecule has 0 aromatic heterocycles. The van der Waals surface area contributed by atoms with Crippen molar-refractivity contribution in [2.24, 2.45) is 35.1 Å². The molecule has 3 aliphatic rings. The maximum Gasteiger partial charge on any atom is 0.0258 e. The van der Waals surface area contributed by atoms with Crippen LogP contribution >= 0.6 is 0 Å². The van der Waals surface area contributed by atoms with E-state index in [-0.39, 0.29) is 12.0 Å². The Morgan fingerprint density at radius 2 is 1.80 bits per heavy atom. The maximum absolute atomic E-state index is 6.46. The molecular weight excluding hydrogens is 558 g/mol. The molecule has 1 aromatic rings. The predicted molar refractivity (Wildman–Crippen MR) is 202 cm³/mol. The highest BCUT2D eigenvalue weighted by molar-refractivity contribution is 5.61. The van der Waals surface area contributed by atoms with Gasteiger partial charge in [-0.25, -0.2) is 0 Å². The van der Waals surface area contributed by atoms with Gasteiger partial charge in [0.1, 0.15) is 0 Å². The molecule has 3 heteroatoms. The molecule has 6 atom stereocenters. The second kappa shape index (κ2) is 20.0. The number of nitrogens with one attached hydrogen (secondary N) is 1. The van der Waals surface area contributed by atoms with Gasteiger partial charge >= 0.3 is 0 Å². The van der Waals surface area contributed by atoms with E-state index < -0.39 is 0 Å². The van der Waals surface area contributed by atoms with E-state index in [9.17, 15) is 0 Å². The fourth-order valence-electron chi connectivity index (χ4n) is 7.87. The molecule has 4 rings (SSSR count). The Balaban J connectivity index is 1.40. The molecule has 0 fully saturated rings. The Kier molecular flexibility index (Phi) is 15.8. The first-order valence-electron chi connectivity index (χ1n) is 18.9. The SMILES string of the molecule is C=CC(CN)C1=c2ccccc2=C(C(C)C/C=C(/CCCCC(N)/C=C/CCCCCC)CNC2C=CC3CCC=CC3C2)CC1. The molecule has 0 amide bonds. The number of allylic oxidation sites excluding steroid dienone is 5. The Morgan fingerprint density at radius 1 is 1.00 bits per heavy atom. The van der Waals surface area contributed by atoms with Crippen LogP contribution in [0.3, 0.4) is 0 Å². The van der Waals surface area contributed by atoms with Crippen molar-refractivity contribution in [1.82, 2.24) is 5.32 Å². The number of hydrogen-bond donors (Lipinski definition) is 3. The van der Waals surface area contributed by atoms with Crippen LogP contribution in [-0.4, -0.2) is 25.2 Å². The van der Waals surface area contributed by atoms with Gasteiger partial charge in [-0.1, -0.05) is 129 Å². The van der Waals surface area contributed by atoms with Crippen LogP contribution in [0.1, 0.15) is 110 Å². The molecule has 0 aliphatic heterocycles. The second-order valence-electron chi connectivity index (χ2n) is 14.3. The third-order valence-electron chi connectivity index (χ3n) is 10.8. The first-order valence-corrected chi connectivity index (χ1v) is 18.9. The lowest BCUT2D eigenvalue weighted by atomic mass is 9.76. The van der Waals surface area contributed by atoms with Gasteiger partial charge in [-0.15, -0.1) is 6.58 Å². The van der Waals surface area contributed by atoms with E-state index in [1.54, 1.807) is 11.1 Å². The number of nitrogens with two attached hydrogens (primary N) is 2. The van der Waals surface area contributed by atoms with E-state index in [1.165, 1.54) is 80.2 Å². The number of hydrogen-bond acceptors (Lipinski definition) is 3. The molecular formula is C43H65N3. The largest absolute Gasteiger partial charge is 0.330 e. The van der Waals surface area contributed by atoms with E-state index in [2.05, 4.69) is 92.5 Å². The Bertz CT molecular complexity index is 1310. The van der Waals surface area contributed by atoms with Crippen LogP contribution in [0, 0.1) is 23.7 Å². The van der Waals surface area contributed by atoms with Crippen molar-refractivity contribution in [3.8, 4) is 0 Å². The molecule has 0 heterocycles. The smallest absolute Gasteiger partial charge is 0.0258 e. The van der Waals surface area contributed by atoms with E-state index in [1.807, 2.05) is 6.08 Å². The summed E-state index contributed by atoms with van der Waals surface area (Å²) >= 11 is 0. The monoisotopic (exact) mass is 624 g/mol. The molecule has 6 unspecified atom stereocenters. The number of benzene rings is 1. The molecule has 1 aromatic carbocycles. The lowest BCUT2D eigenvalue weighted by Gasteiger charge is -2.32. The van der Waals surface area contributed by atoms with Crippen molar-refractivity contribution in [2.45, 2.75) is 122 Å². The van der Waals surface area contributed by atoms with Crippen LogP contribution in [0.2, 0.25) is 0 Å². The highest BCUT2D eigenvalue weighted by atomic mass is 14.9. The summed E-state index contributed by atoms with van der Waals surface area (Å²) in [6.07, 6.45) is 37.1. The minimum absolute atomic E-state index is 0.185. The van der Waals surface area contributed by atoms with Gasteiger partial charge < -0.3 is 16.8 Å². The average Bonchev–Trinajstić information content (AvgIpc) is 3.09. The summed E-state index contributed by atoms with van der Waals surface area (Å²) in [5.74, 6) is 2.22. The summed E-state index contributed by atoms with van der Waals surface area (Å²) in [7, 11) is 0. The van der Waals surface area contributed by atoms with Gasteiger partial charge in [0.15, 0.2) is 0 Å². The average molecular weight is 624 g/mol. The van der Waals surface area contributed by atoms with Gasteiger partial charge in [0.25, 0.3) is 0 Å². The molecule has 5 N–H and O–H groups in total. The fraction of sp³-hybridized carbons (Fsp3) is 0.581. The van der Waals surface area contributed by atoms with Crippen LogP contribution < -0.4 is 27.2 Å². The Hall–Kier alpha value is -2.46. The third kappa shape index (κ3) is 11.1. The number of unbranched alkanes of at least 4 members (excludes halogenated alkanes) is 5. The van der Waals surface area contributed by atoms with Crippen LogP contribution in [0.15, 0.2) is 85.0 Å². The van der Waals surface area contributed by atoms with Crippen molar-refractivity contribution in [3.05, 3.63) is 95.5 Å². The third-order valence-corrected chi connectivity index (χ3v) is 10.8. The molecule has 0 saturated heterocycles. The summed E-state index contributed by atoms with van der Waals surface area (Å²) in [4.78, 5) is 0. The van der Waals surface area contributed by atoms with Gasteiger partial charge in [0.05, 0.1) is 0 Å². The summed E-state index contributed by atoms with van der Waals surface area (Å²) in [5.41, 5.74) is 17.2. The van der Waals surface area contributed by atoms with Gasteiger partial charge in [0.2, 0.25) is 0 Å². The molecule has 0 radical (unpaired) electrons. The molecule has 0 saturated carbocycles. The van der Waals surface area contributed by atoms with E-state index >= 15 is 0 Å². The van der Waals surface area contributed by atoms with Gasteiger partial charge in [-0.3, -0.25) is 0 Å². The fourth-order valence-corrected chi connectivity index (χ4v) is 7.87. The highest BCUT2D eigenvalue weighted by Crippen LogP contribution is 2.33. The number of rotatable bonds is 20. The van der Waals surface area contributed by atoms with Crippen LogP contribution in [0.4, 0.5) is 0 Å². The zero-order valence-corrected chi connectivity index (χ0v) is 29.3. The van der Waals surface area contributed by atoms with E-state index in [0.717, 1.165) is 44.6 Å². The normalized spacial score (nSPS) is 23.3. The maximum atomic E-state index is 6.46. The molecule has 0 spiro atoms. The first kappa shape index (κ1) is 36.4. The Labute approximate surface area is 281 Å². The lowest BCUT2D eigenvalue weighted by molar-refractivity contribution is 0.352. The lowest BCUT2D eigenvalue weighted by Crippen LogP contribution is -2.36. The van der Waals surface area contributed by atoms with Crippen LogP contribution in [0.25, 0.3) is 11.1 Å². The summed E-state index contributed by atoms with van der Waals surface area (Å²) in [6, 6.07) is 9.65. The summed E-state index contributed by atoms with van der Waals surface area (Å²) < 4.78 is 0. The van der Waals surface area contributed by atoms with Gasteiger partial charge in [-0.05, 0) is 98.8 Å². The van der Waals surface area contributed by atoms with Crippen molar-refractivity contribution >= 4 is 11.1 Å². The minimum atomic E-state index is 0.185. The van der Waals surface area contributed by atoms with Crippen molar-refractivity contribution in [1.29, 1.82) is 0 Å². The van der Waals surface area contributed by atoms with Crippen molar-refractivity contribution < 1.29 is 0 Å². The van der Waals surface area contributed by atoms with Gasteiger partial charge in [0, 0.05) is 31.1 Å². The Morgan fingerprint density at radius 3 is 2.59 bits per heavy atom. The molecule has 3 aliphatic carbocycles. The predicted octanol–water partition coefficient (Wildman–Crippen LogP) is 8.41. The zero-order chi connectivity index (χ0) is 32.6. The second-order valence-corrected chi connectivity index (χ2v) is 14.3. The molecule has 252 valence electrons. The highest BCUT2D eigenvalue weighted by Gasteiger charge is 2.26. The minimum Gasteiger partial charge on any atom is -0.330 e. The molecule has 46 heavy (non-hydrogen) atoms. The van der Waals surface area contributed by atoms with Crippen LogP contribution in [-0.2, 0) is 0 Å². The van der Waals surface area contributed by atoms with Crippen molar-refractivity contribution in [2.75, 3.05) is 13.1 Å². The zero-order valence-electron chi connectivity index (χ0n) is 29.3. The quantitative estimate of drug-likeness (QED) is 0.101.